The minimum Gasteiger partial charge on any atom is -0.497 e. The van der Waals surface area contributed by atoms with Crippen molar-refractivity contribution in [2.45, 2.75) is 13.5 Å². The van der Waals surface area contributed by atoms with E-state index < -0.39 is 0 Å². The van der Waals surface area contributed by atoms with Gasteiger partial charge in [0.15, 0.2) is 5.65 Å². The summed E-state index contributed by atoms with van der Waals surface area (Å²) in [6.07, 6.45) is 1.63. The molecule has 0 radical (unpaired) electrons. The Kier molecular flexibility index (Phi) is 3.96. The third kappa shape index (κ3) is 2.64. The molecule has 0 aliphatic carbocycles. The molecule has 7 nitrogen and oxygen atoms in total. The lowest BCUT2D eigenvalue weighted by Crippen LogP contribution is -2.22. The van der Waals surface area contributed by atoms with Gasteiger partial charge < -0.3 is 15.8 Å². The number of thiophene rings is 1. The molecule has 0 fully saturated rings. The molecule has 1 amide bonds. The van der Waals surface area contributed by atoms with Crippen LogP contribution in [0.4, 0.5) is 5.69 Å². The normalized spacial score (nSPS) is 11.2. The molecular formula is C18H17N5O2S. The number of carbonyl (C=O) groups excluding carboxylic acids is 1. The van der Waals surface area contributed by atoms with Gasteiger partial charge in [0.25, 0.3) is 5.91 Å². The standard InChI is InChI=1S/C18H17N5O2S/c1-10-7-13-22-21-9-23(13)18-14(10)15(19)16(26-18)17(24)20-8-11-3-5-12(25-2)6-4-11/h3-7,9H,8,19H2,1-2H3,(H,20,24). The molecule has 0 saturated carbocycles. The van der Waals surface area contributed by atoms with Crippen molar-refractivity contribution in [3.8, 4) is 5.75 Å². The van der Waals surface area contributed by atoms with E-state index in [0.29, 0.717) is 17.1 Å². The zero-order valence-electron chi connectivity index (χ0n) is 14.3. The van der Waals surface area contributed by atoms with E-state index in [1.165, 1.54) is 11.3 Å². The summed E-state index contributed by atoms with van der Waals surface area (Å²) in [6.45, 7) is 2.37. The van der Waals surface area contributed by atoms with Crippen LogP contribution in [0.3, 0.4) is 0 Å². The number of amides is 1. The van der Waals surface area contributed by atoms with E-state index in [-0.39, 0.29) is 5.91 Å². The number of carbonyl (C=O) groups is 1. The number of aromatic nitrogens is 3. The van der Waals surface area contributed by atoms with Gasteiger partial charge in [-0.15, -0.1) is 21.5 Å². The summed E-state index contributed by atoms with van der Waals surface area (Å²) in [5.74, 6) is 0.586. The van der Waals surface area contributed by atoms with Crippen LogP contribution in [0, 0.1) is 6.92 Å². The summed E-state index contributed by atoms with van der Waals surface area (Å²) in [4.78, 5) is 14.0. The molecule has 4 aromatic rings. The van der Waals surface area contributed by atoms with Gasteiger partial charge in [-0.3, -0.25) is 9.20 Å². The second kappa shape index (κ2) is 6.30. The monoisotopic (exact) mass is 367 g/mol. The molecule has 0 saturated heterocycles. The van der Waals surface area contributed by atoms with Crippen molar-refractivity contribution in [1.82, 2.24) is 19.9 Å². The van der Waals surface area contributed by atoms with E-state index in [4.69, 9.17) is 10.5 Å². The smallest absolute Gasteiger partial charge is 0.263 e. The van der Waals surface area contributed by atoms with E-state index in [0.717, 1.165) is 32.7 Å². The van der Waals surface area contributed by atoms with Crippen LogP contribution in [0.1, 0.15) is 20.8 Å². The fraction of sp³-hybridized carbons (Fsp3) is 0.167. The topological polar surface area (TPSA) is 94.5 Å². The first-order valence-corrected chi connectivity index (χ1v) is 8.82. The Morgan fingerprint density at radius 1 is 1.35 bits per heavy atom. The Morgan fingerprint density at radius 3 is 2.85 bits per heavy atom. The summed E-state index contributed by atoms with van der Waals surface area (Å²) < 4.78 is 6.99. The number of hydrogen-bond acceptors (Lipinski definition) is 6. The molecule has 4 rings (SSSR count). The van der Waals surface area contributed by atoms with Crippen LogP contribution in [0.25, 0.3) is 15.9 Å². The van der Waals surface area contributed by atoms with Crippen molar-refractivity contribution in [1.29, 1.82) is 0 Å². The van der Waals surface area contributed by atoms with Gasteiger partial charge in [0.2, 0.25) is 0 Å². The van der Waals surface area contributed by atoms with Gasteiger partial charge in [-0.05, 0) is 36.2 Å². The van der Waals surface area contributed by atoms with E-state index >= 15 is 0 Å². The zero-order chi connectivity index (χ0) is 18.3. The van der Waals surface area contributed by atoms with Crippen LogP contribution in [0.5, 0.6) is 5.75 Å². The maximum Gasteiger partial charge on any atom is 0.263 e. The Morgan fingerprint density at radius 2 is 2.12 bits per heavy atom. The first-order valence-electron chi connectivity index (χ1n) is 8.01. The lowest BCUT2D eigenvalue weighted by molar-refractivity contribution is 0.0956. The molecule has 3 aromatic heterocycles. The molecule has 26 heavy (non-hydrogen) atoms. The average Bonchev–Trinajstić information content (AvgIpc) is 3.24. The van der Waals surface area contributed by atoms with Gasteiger partial charge in [0, 0.05) is 11.9 Å². The molecule has 0 atom stereocenters. The van der Waals surface area contributed by atoms with Gasteiger partial charge in [-0.1, -0.05) is 12.1 Å². The van der Waals surface area contributed by atoms with Gasteiger partial charge in [-0.25, -0.2) is 0 Å². The van der Waals surface area contributed by atoms with Crippen molar-refractivity contribution < 1.29 is 9.53 Å². The van der Waals surface area contributed by atoms with Crippen molar-refractivity contribution in [2.75, 3.05) is 12.8 Å². The molecule has 3 heterocycles. The summed E-state index contributed by atoms with van der Waals surface area (Å²) in [5.41, 5.74) is 9.47. The molecule has 0 aliphatic rings. The van der Waals surface area contributed by atoms with Gasteiger partial charge in [0.1, 0.15) is 21.8 Å². The Balaban J connectivity index is 1.64. The number of nitrogens with zero attached hydrogens (tertiary/aromatic N) is 3. The predicted molar refractivity (Wildman–Crippen MR) is 102 cm³/mol. The molecular weight excluding hydrogens is 350 g/mol. The minimum absolute atomic E-state index is 0.194. The molecule has 132 valence electrons. The number of anilines is 1. The SMILES string of the molecule is COc1ccc(CNC(=O)c2sc3c(c(C)cc4nncn43)c2N)cc1. The maximum atomic E-state index is 12.7. The van der Waals surface area contributed by atoms with E-state index in [1.807, 2.05) is 41.7 Å². The number of hydrogen-bond donors (Lipinski definition) is 2. The highest BCUT2D eigenvalue weighted by Crippen LogP contribution is 2.36. The van der Waals surface area contributed by atoms with Gasteiger partial charge in [-0.2, -0.15) is 0 Å². The highest BCUT2D eigenvalue weighted by Gasteiger charge is 2.20. The summed E-state index contributed by atoms with van der Waals surface area (Å²) in [7, 11) is 1.62. The summed E-state index contributed by atoms with van der Waals surface area (Å²) in [6, 6.07) is 9.47. The summed E-state index contributed by atoms with van der Waals surface area (Å²) in [5, 5.41) is 11.8. The Hall–Kier alpha value is -3.13. The molecule has 0 aliphatic heterocycles. The number of methoxy groups -OCH3 is 1. The molecule has 1 aromatic carbocycles. The van der Waals surface area contributed by atoms with Crippen molar-refractivity contribution >= 4 is 38.8 Å². The number of nitrogens with two attached hydrogens (primary N) is 1. The number of nitrogen functional groups attached to an aromatic ring is 1. The van der Waals surface area contributed by atoms with Crippen LogP contribution in [-0.4, -0.2) is 27.6 Å². The lowest BCUT2D eigenvalue weighted by atomic mass is 10.1. The summed E-state index contributed by atoms with van der Waals surface area (Å²) >= 11 is 1.35. The number of fused-ring (bicyclic) bond motifs is 3. The number of nitrogens with one attached hydrogen (secondary N) is 1. The third-order valence-electron chi connectivity index (χ3n) is 4.28. The molecule has 0 bridgehead atoms. The molecule has 8 heteroatoms. The van der Waals surface area contributed by atoms with Gasteiger partial charge >= 0.3 is 0 Å². The highest BCUT2D eigenvalue weighted by molar-refractivity contribution is 7.21. The predicted octanol–water partition coefficient (Wildman–Crippen LogP) is 2.77. The quantitative estimate of drug-likeness (QED) is 0.578. The third-order valence-corrected chi connectivity index (χ3v) is 5.48. The largest absolute Gasteiger partial charge is 0.497 e. The van der Waals surface area contributed by atoms with Crippen molar-refractivity contribution in [3.05, 3.63) is 52.7 Å². The van der Waals surface area contributed by atoms with Gasteiger partial charge in [0.05, 0.1) is 12.8 Å². The van der Waals surface area contributed by atoms with Crippen LogP contribution < -0.4 is 15.8 Å². The molecule has 0 unspecified atom stereocenters. The van der Waals surface area contributed by atoms with E-state index in [1.54, 1.807) is 13.4 Å². The van der Waals surface area contributed by atoms with E-state index in [2.05, 4.69) is 15.5 Å². The second-order valence-electron chi connectivity index (χ2n) is 5.94. The molecule has 0 spiro atoms. The highest BCUT2D eigenvalue weighted by atomic mass is 32.1. The fourth-order valence-electron chi connectivity index (χ4n) is 2.92. The number of pyridine rings is 1. The fourth-order valence-corrected chi connectivity index (χ4v) is 4.10. The second-order valence-corrected chi connectivity index (χ2v) is 6.94. The Labute approximate surface area is 153 Å². The van der Waals surface area contributed by atoms with Crippen molar-refractivity contribution in [3.63, 3.8) is 0 Å². The van der Waals surface area contributed by atoms with Crippen LogP contribution in [-0.2, 0) is 6.54 Å². The van der Waals surface area contributed by atoms with E-state index in [9.17, 15) is 4.79 Å². The number of rotatable bonds is 4. The van der Waals surface area contributed by atoms with Crippen LogP contribution in [0.2, 0.25) is 0 Å². The van der Waals surface area contributed by atoms with Crippen LogP contribution >= 0.6 is 11.3 Å². The maximum absolute atomic E-state index is 12.7. The zero-order valence-corrected chi connectivity index (χ0v) is 15.1. The first kappa shape index (κ1) is 16.3. The molecule has 3 N–H and O–H groups in total. The Bertz CT molecular complexity index is 1110. The number of benzene rings is 1. The number of aryl methyl sites for hydroxylation is 1. The van der Waals surface area contributed by atoms with Crippen molar-refractivity contribution in [2.24, 2.45) is 0 Å². The minimum atomic E-state index is -0.194. The average molecular weight is 367 g/mol. The number of ether oxygens (including phenoxy) is 1. The van der Waals surface area contributed by atoms with Crippen LogP contribution in [0.15, 0.2) is 36.7 Å². The lowest BCUT2D eigenvalue weighted by Gasteiger charge is -2.06. The first-order chi connectivity index (χ1) is 12.6.